The Hall–Kier alpha value is -2.82. The molecule has 0 atom stereocenters. The topological polar surface area (TPSA) is 56.3 Å². The van der Waals surface area contributed by atoms with Crippen LogP contribution in [-0.2, 0) is 0 Å². The van der Waals surface area contributed by atoms with Crippen LogP contribution in [0.3, 0.4) is 0 Å². The molecule has 62 valence electrons. The normalized spacial score (nSPS) is 7.71. The maximum atomic E-state index is 8.65. The Morgan fingerprint density at radius 1 is 0.929 bits per heavy atom. The van der Waals surface area contributed by atoms with E-state index in [4.69, 9.17) is 23.7 Å². The summed E-state index contributed by atoms with van der Waals surface area (Å²) in [7, 11) is 0. The molecule has 4 heteroatoms. The third-order valence-corrected chi connectivity index (χ3v) is 1.60. The molecule has 0 heterocycles. The van der Waals surface area contributed by atoms with Gasteiger partial charge in [0.1, 0.15) is 0 Å². The molecule has 0 amide bonds. The number of hydrogen-bond donors (Lipinski definition) is 0. The molecule has 14 heavy (non-hydrogen) atoms. The molecule has 0 bridgehead atoms. The number of rotatable bonds is 0. The molecule has 1 rings (SSSR count). The van der Waals surface area contributed by atoms with Crippen LogP contribution in [0, 0.1) is 35.8 Å². The highest BCUT2D eigenvalue weighted by atomic mass is 14.7. The lowest BCUT2D eigenvalue weighted by Gasteiger charge is -1.97. The zero-order valence-electron chi connectivity index (χ0n) is 6.94. The van der Waals surface area contributed by atoms with Crippen LogP contribution in [0.1, 0.15) is 11.1 Å². The highest BCUT2D eigenvalue weighted by Crippen LogP contribution is 2.30. The van der Waals surface area contributed by atoms with E-state index in [0.717, 1.165) is 0 Å². The number of nitrogens with zero attached hydrogens (tertiary/aromatic N) is 4. The third-order valence-electron chi connectivity index (χ3n) is 1.60. The second-order valence-electron chi connectivity index (χ2n) is 2.33. The molecule has 0 radical (unpaired) electrons. The van der Waals surface area contributed by atoms with E-state index in [2.05, 4.69) is 9.69 Å². The van der Waals surface area contributed by atoms with E-state index in [0.29, 0.717) is 0 Å². The fourth-order valence-electron chi connectivity index (χ4n) is 0.941. The van der Waals surface area contributed by atoms with Gasteiger partial charge in [0.15, 0.2) is 11.4 Å². The lowest BCUT2D eigenvalue weighted by Crippen LogP contribution is -1.82. The minimum Gasteiger partial charge on any atom is -0.250 e. The zero-order chi connectivity index (χ0) is 10.6. The van der Waals surface area contributed by atoms with Gasteiger partial charge in [0.2, 0.25) is 0 Å². The first-order valence-corrected chi connectivity index (χ1v) is 3.50. The van der Waals surface area contributed by atoms with Gasteiger partial charge in [-0.2, -0.15) is 10.5 Å². The van der Waals surface area contributed by atoms with Crippen LogP contribution < -0.4 is 0 Å². The van der Waals surface area contributed by atoms with Crippen LogP contribution in [0.15, 0.2) is 12.1 Å². The second kappa shape index (κ2) is 3.72. The van der Waals surface area contributed by atoms with E-state index in [9.17, 15) is 0 Å². The van der Waals surface area contributed by atoms with Gasteiger partial charge in [-0.1, -0.05) is 0 Å². The third kappa shape index (κ3) is 1.37. The lowest BCUT2D eigenvalue weighted by molar-refractivity contribution is 1.44. The predicted octanol–water partition coefficient (Wildman–Crippen LogP) is 2.53. The van der Waals surface area contributed by atoms with E-state index in [-0.39, 0.29) is 22.5 Å². The fourth-order valence-corrected chi connectivity index (χ4v) is 0.941. The Kier molecular flexibility index (Phi) is 2.46. The molecule has 1 aromatic carbocycles. The van der Waals surface area contributed by atoms with Gasteiger partial charge in [-0.25, -0.2) is 0 Å². The minimum atomic E-state index is 0.107. The molecule has 0 spiro atoms. The highest BCUT2D eigenvalue weighted by molar-refractivity contribution is 5.75. The van der Waals surface area contributed by atoms with Crippen molar-refractivity contribution in [1.29, 1.82) is 10.5 Å². The van der Waals surface area contributed by atoms with Crippen molar-refractivity contribution in [2.45, 2.75) is 0 Å². The van der Waals surface area contributed by atoms with Gasteiger partial charge in [0, 0.05) is 0 Å². The van der Waals surface area contributed by atoms with Crippen molar-refractivity contribution in [2.24, 2.45) is 0 Å². The first-order valence-electron chi connectivity index (χ1n) is 3.50. The largest absolute Gasteiger partial charge is 0.250 e. The van der Waals surface area contributed by atoms with Gasteiger partial charge in [0.25, 0.3) is 0 Å². The Morgan fingerprint density at radius 2 is 1.29 bits per heavy atom. The van der Waals surface area contributed by atoms with Crippen molar-refractivity contribution in [3.8, 4) is 12.1 Å². The minimum absolute atomic E-state index is 0.107. The van der Waals surface area contributed by atoms with Gasteiger partial charge in [0.05, 0.1) is 36.4 Å². The van der Waals surface area contributed by atoms with E-state index >= 15 is 0 Å². The van der Waals surface area contributed by atoms with Crippen molar-refractivity contribution in [2.75, 3.05) is 0 Å². The Bertz CT molecular complexity index is 445. The van der Waals surface area contributed by atoms with Crippen LogP contribution in [0.25, 0.3) is 9.69 Å². The number of nitriles is 2. The Labute approximate surface area is 80.9 Å². The molecule has 0 saturated carbocycles. The summed E-state index contributed by atoms with van der Waals surface area (Å²) >= 11 is 0. The van der Waals surface area contributed by atoms with Gasteiger partial charge in [-0.05, 0) is 12.1 Å². The molecule has 0 saturated heterocycles. The highest BCUT2D eigenvalue weighted by Gasteiger charge is 2.08. The van der Waals surface area contributed by atoms with Gasteiger partial charge in [-0.15, -0.1) is 0 Å². The summed E-state index contributed by atoms with van der Waals surface area (Å²) < 4.78 is 0. The van der Waals surface area contributed by atoms with Crippen LogP contribution >= 0.6 is 0 Å². The van der Waals surface area contributed by atoms with Crippen LogP contribution in [0.2, 0.25) is 0 Å². The van der Waals surface area contributed by atoms with Gasteiger partial charge >= 0.3 is 0 Å². The van der Waals surface area contributed by atoms with E-state index in [1.54, 1.807) is 12.1 Å². The zero-order valence-corrected chi connectivity index (χ0v) is 6.94. The van der Waals surface area contributed by atoms with Crippen LogP contribution in [-0.4, -0.2) is 0 Å². The Morgan fingerprint density at radius 3 is 1.50 bits per heavy atom. The van der Waals surface area contributed by atoms with Crippen molar-refractivity contribution in [1.82, 2.24) is 0 Å². The quantitative estimate of drug-likeness (QED) is 0.573. The monoisotopic (exact) mass is 178 g/mol. The summed E-state index contributed by atoms with van der Waals surface area (Å²) in [6, 6.07) is 6.13. The van der Waals surface area contributed by atoms with Crippen LogP contribution in [0.5, 0.6) is 0 Å². The average molecular weight is 178 g/mol. The maximum Gasteiger partial charge on any atom is 0.195 e. The molecular weight excluding hydrogens is 176 g/mol. The average Bonchev–Trinajstić information content (AvgIpc) is 2.26. The molecule has 0 N–H and O–H groups in total. The molecule has 0 aromatic heterocycles. The van der Waals surface area contributed by atoms with Gasteiger partial charge in [-0.3, -0.25) is 9.69 Å². The molecule has 0 aliphatic carbocycles. The molecule has 0 unspecified atom stereocenters. The van der Waals surface area contributed by atoms with Crippen LogP contribution in [0.4, 0.5) is 11.4 Å². The summed E-state index contributed by atoms with van der Waals surface area (Å²) in [5.74, 6) is 0. The number of hydrogen-bond acceptors (Lipinski definition) is 2. The summed E-state index contributed by atoms with van der Waals surface area (Å²) in [6.45, 7) is 13.6. The number of benzene rings is 1. The standard InChI is InChI=1S/C10H2N4/c1-13-9-3-7(5-11)8(6-12)4-10(9)14-2/h3-4H. The fraction of sp³-hybridized carbons (Fsp3) is 0. The smallest absolute Gasteiger partial charge is 0.195 e. The maximum absolute atomic E-state index is 8.65. The van der Waals surface area contributed by atoms with Gasteiger partial charge < -0.3 is 0 Å². The summed E-state index contributed by atoms with van der Waals surface area (Å²) in [5.41, 5.74) is 0.475. The van der Waals surface area contributed by atoms with E-state index < -0.39 is 0 Å². The first kappa shape index (κ1) is 9.27. The Balaban J connectivity index is 3.60. The summed E-state index contributed by atoms with van der Waals surface area (Å²) in [5, 5.41) is 17.3. The molecule has 0 aliphatic rings. The van der Waals surface area contributed by atoms with Crippen molar-refractivity contribution in [3.63, 3.8) is 0 Å². The van der Waals surface area contributed by atoms with Crippen molar-refractivity contribution in [3.05, 3.63) is 46.1 Å². The van der Waals surface area contributed by atoms with Crippen molar-refractivity contribution < 1.29 is 0 Å². The van der Waals surface area contributed by atoms with E-state index in [1.165, 1.54) is 12.1 Å². The van der Waals surface area contributed by atoms with E-state index in [1.807, 2.05) is 0 Å². The predicted molar refractivity (Wildman–Crippen MR) is 48.4 cm³/mol. The summed E-state index contributed by atoms with van der Waals surface area (Å²) in [6.07, 6.45) is 0. The van der Waals surface area contributed by atoms with Crippen molar-refractivity contribution >= 4 is 11.4 Å². The summed E-state index contributed by atoms with van der Waals surface area (Å²) in [4.78, 5) is 6.20. The molecule has 0 fully saturated rings. The SMILES string of the molecule is [C-]#[N+]c1cc(C#N)c(C#N)cc1[N+]#[C-]. The molecule has 1 aromatic rings. The first-order chi connectivity index (χ1) is 6.76. The molecule has 4 nitrogen and oxygen atoms in total. The lowest BCUT2D eigenvalue weighted by atomic mass is 10.1. The second-order valence-corrected chi connectivity index (χ2v) is 2.33. The molecular formula is C10H2N4. The molecule has 0 aliphatic heterocycles.